The molecular formula is C47H49BClN3O12S2. The van der Waals surface area contributed by atoms with Crippen LogP contribution in [-0.4, -0.2) is 113 Å². The van der Waals surface area contributed by atoms with Crippen molar-refractivity contribution in [3.63, 3.8) is 0 Å². The van der Waals surface area contributed by atoms with E-state index in [0.29, 0.717) is 11.5 Å². The number of methoxy groups -OCH3 is 2. The first-order valence-corrected chi connectivity index (χ1v) is 23.3. The number of hydrogen-bond acceptors (Lipinski definition) is 14. The van der Waals surface area contributed by atoms with Crippen molar-refractivity contribution in [2.45, 2.75) is 61.9 Å². The lowest BCUT2D eigenvalue weighted by molar-refractivity contribution is -0.152. The van der Waals surface area contributed by atoms with Gasteiger partial charge in [-0.2, -0.15) is 0 Å². The number of ketones is 1. The Kier molecular flexibility index (Phi) is 16.3. The van der Waals surface area contributed by atoms with Crippen LogP contribution in [0.5, 0.6) is 23.0 Å². The highest BCUT2D eigenvalue weighted by atomic mass is 35.5. The van der Waals surface area contributed by atoms with E-state index in [0.717, 1.165) is 33.4 Å². The summed E-state index contributed by atoms with van der Waals surface area (Å²) >= 11 is 7.91. The fraction of sp³-hybridized carbons (Fsp3) is 0.362. The van der Waals surface area contributed by atoms with Crippen molar-refractivity contribution in [2.75, 3.05) is 40.1 Å². The topological polar surface area (TPSA) is 177 Å². The molecule has 4 aromatic rings. The number of fused-ring (bicyclic) bond motifs is 1. The summed E-state index contributed by atoms with van der Waals surface area (Å²) in [5.41, 5.74) is 1.17. The fourth-order valence-corrected chi connectivity index (χ4v) is 11.4. The molecule has 19 heteroatoms. The number of Topliss-reactive ketones (excluding diaryl/α,β-unsaturated/α-hetero) is 1. The summed E-state index contributed by atoms with van der Waals surface area (Å²) in [4.78, 5) is 74.6. The maximum atomic E-state index is 14.6. The summed E-state index contributed by atoms with van der Waals surface area (Å²) in [5.74, 6) is -2.09. The summed E-state index contributed by atoms with van der Waals surface area (Å²) in [5, 5.41) is -1.00. The van der Waals surface area contributed by atoms with E-state index >= 15 is 0 Å². The van der Waals surface area contributed by atoms with E-state index in [4.69, 9.17) is 43.3 Å². The van der Waals surface area contributed by atoms with Gasteiger partial charge in [-0.1, -0.05) is 66.2 Å². The standard InChI is InChI=1S/C47H49BClN3O12S2/c1-46(2,3)63-45(57)51(22-23-65-47(44(56)64-48)28-52-41(54)36(43(52)66(47)58)25-32(53)24-29-10-8-7-9-11-29)42(55)39(50-4)35-20-21-37(61-26-30-12-16-33(59-5)17-13-30)40(38(35)49)62-27-31-14-18-34(60-6)19-15-31/h7-21,36,43H,22-28H2,1-6H3/t36-,43-,47?,66?/m1/s1. The first-order chi connectivity index (χ1) is 31.5. The summed E-state index contributed by atoms with van der Waals surface area (Å²) in [7, 11) is 7.74. The van der Waals surface area contributed by atoms with Crippen molar-refractivity contribution in [1.82, 2.24) is 9.80 Å². The smallest absolute Gasteiger partial charge is 0.417 e. The maximum Gasteiger partial charge on any atom is 0.417 e. The van der Waals surface area contributed by atoms with Crippen molar-refractivity contribution >= 4 is 77.6 Å². The molecule has 3 amide bonds. The Morgan fingerprint density at radius 2 is 1.50 bits per heavy atom. The molecule has 4 aromatic carbocycles. The van der Waals surface area contributed by atoms with Gasteiger partial charge in [0.25, 0.3) is 5.91 Å². The number of nitrogens with zero attached hydrogens (tertiary/aromatic N) is 3. The first-order valence-electron chi connectivity index (χ1n) is 20.7. The zero-order valence-corrected chi connectivity index (χ0v) is 39.7. The minimum absolute atomic E-state index is 0.0415. The number of aliphatic imine (C=N–C) groups is 1. The Labute approximate surface area is 396 Å². The molecule has 2 heterocycles. The molecule has 2 unspecified atom stereocenters. The second-order valence-electron chi connectivity index (χ2n) is 16.2. The van der Waals surface area contributed by atoms with E-state index in [1.807, 2.05) is 30.3 Å². The van der Waals surface area contributed by atoms with Gasteiger partial charge in [-0.25, -0.2) is 9.69 Å². The van der Waals surface area contributed by atoms with Gasteiger partial charge in [-0.3, -0.25) is 28.4 Å². The highest BCUT2D eigenvalue weighted by Crippen LogP contribution is 2.49. The molecule has 2 aliphatic rings. The Morgan fingerprint density at radius 3 is 2.06 bits per heavy atom. The summed E-state index contributed by atoms with van der Waals surface area (Å²) in [6.45, 7) is 4.32. The Bertz CT molecular complexity index is 2490. The molecule has 0 bridgehead atoms. The van der Waals surface area contributed by atoms with Crippen molar-refractivity contribution < 1.29 is 56.5 Å². The van der Waals surface area contributed by atoms with Crippen LogP contribution in [0, 0.1) is 5.92 Å². The normalized spacial score (nSPS) is 19.0. The predicted molar refractivity (Wildman–Crippen MR) is 250 cm³/mol. The lowest BCUT2D eigenvalue weighted by atomic mass is 9.90. The van der Waals surface area contributed by atoms with Gasteiger partial charge in [0, 0.05) is 37.8 Å². The van der Waals surface area contributed by atoms with Crippen LogP contribution in [0.15, 0.2) is 96.0 Å². The summed E-state index contributed by atoms with van der Waals surface area (Å²) < 4.78 is 45.7. The van der Waals surface area contributed by atoms with Crippen molar-refractivity contribution in [1.29, 1.82) is 0 Å². The van der Waals surface area contributed by atoms with Crippen LogP contribution in [0.25, 0.3) is 0 Å². The largest absolute Gasteiger partial charge is 0.542 e. The van der Waals surface area contributed by atoms with E-state index < -0.39 is 62.2 Å². The van der Waals surface area contributed by atoms with Crippen LogP contribution < -0.4 is 18.9 Å². The molecule has 66 heavy (non-hydrogen) atoms. The number of rotatable bonds is 19. The third kappa shape index (κ3) is 11.2. The zero-order valence-electron chi connectivity index (χ0n) is 37.3. The average Bonchev–Trinajstić information content (AvgIpc) is 3.57. The molecule has 0 aliphatic carbocycles. The molecule has 6 rings (SSSR count). The number of carbonyl (C=O) groups is 5. The van der Waals surface area contributed by atoms with Gasteiger partial charge in [-0.15, -0.1) is 11.8 Å². The van der Waals surface area contributed by atoms with Gasteiger partial charge in [0.2, 0.25) is 9.99 Å². The van der Waals surface area contributed by atoms with Gasteiger partial charge in [0.05, 0.1) is 42.5 Å². The van der Waals surface area contributed by atoms with Crippen molar-refractivity contribution in [2.24, 2.45) is 10.9 Å². The van der Waals surface area contributed by atoms with Crippen molar-refractivity contribution in [3.05, 3.63) is 118 Å². The van der Waals surface area contributed by atoms with E-state index in [2.05, 4.69) is 9.65 Å². The minimum atomic E-state index is -2.12. The molecule has 4 atom stereocenters. The molecule has 346 valence electrons. The third-order valence-corrected chi connectivity index (χ3v) is 15.0. The lowest BCUT2D eigenvalue weighted by Gasteiger charge is -2.40. The van der Waals surface area contributed by atoms with Gasteiger partial charge >= 0.3 is 20.1 Å². The SMILES string of the molecule is [B]OC(=O)C1(SCCN(C(=O)OC(C)(C)C)C(=O)C(=NC)c2ccc(OCc3ccc(OC)cc3)c(OCc3ccc(OC)cc3)c2Cl)CN2C(=O)[C@@H](CC(=O)Cc3ccccc3)[C@H]2S1=O. The second-order valence-corrected chi connectivity index (χ2v) is 20.0. The number of halogens is 1. The summed E-state index contributed by atoms with van der Waals surface area (Å²) in [6.07, 6.45) is -1.14. The molecule has 0 aromatic heterocycles. The molecule has 0 N–H and O–H groups in total. The van der Waals surface area contributed by atoms with Gasteiger partial charge in [0.15, 0.2) is 11.5 Å². The minimum Gasteiger partial charge on any atom is -0.542 e. The number of thioether (sulfide) groups is 1. The average molecular weight is 958 g/mol. The Balaban J connectivity index is 1.24. The number of β-lactam (4-membered cyclic amide) rings is 1. The van der Waals surface area contributed by atoms with Crippen LogP contribution in [0.4, 0.5) is 4.79 Å². The Morgan fingerprint density at radius 1 is 0.894 bits per heavy atom. The highest BCUT2D eigenvalue weighted by Gasteiger charge is 2.67. The number of amides is 3. The van der Waals surface area contributed by atoms with Crippen LogP contribution >= 0.6 is 23.4 Å². The molecule has 0 spiro atoms. The van der Waals surface area contributed by atoms with E-state index in [9.17, 15) is 28.2 Å². The molecule has 2 aliphatic heterocycles. The third-order valence-electron chi connectivity index (χ3n) is 10.6. The quantitative estimate of drug-likeness (QED) is 0.0566. The van der Waals surface area contributed by atoms with E-state index in [-0.39, 0.29) is 71.9 Å². The maximum absolute atomic E-state index is 14.6. The fourth-order valence-electron chi connectivity index (χ4n) is 7.32. The molecule has 0 saturated carbocycles. The first kappa shape index (κ1) is 49.6. The monoisotopic (exact) mass is 957 g/mol. The Hall–Kier alpha value is -5.85. The number of benzene rings is 4. The van der Waals surface area contributed by atoms with Gasteiger partial charge in [-0.05, 0) is 73.9 Å². The number of carbonyl (C=O) groups excluding carboxylic acids is 5. The van der Waals surface area contributed by atoms with Crippen LogP contribution in [0.1, 0.15) is 49.4 Å². The van der Waals surface area contributed by atoms with Crippen LogP contribution in [-0.2, 0) is 59.0 Å². The van der Waals surface area contributed by atoms with E-state index in [1.54, 1.807) is 89.6 Å². The van der Waals surface area contributed by atoms with Crippen LogP contribution in [0.2, 0.25) is 5.02 Å². The van der Waals surface area contributed by atoms with Crippen molar-refractivity contribution in [3.8, 4) is 23.0 Å². The van der Waals surface area contributed by atoms with Gasteiger partial charge in [0.1, 0.15) is 47.2 Å². The summed E-state index contributed by atoms with van der Waals surface area (Å²) in [6, 6.07) is 26.6. The number of hydrogen-bond donors (Lipinski definition) is 0. The molecule has 2 fully saturated rings. The lowest BCUT2D eigenvalue weighted by Crippen LogP contribution is -2.59. The molecule has 15 nitrogen and oxygen atoms in total. The zero-order chi connectivity index (χ0) is 47.8. The van der Waals surface area contributed by atoms with Gasteiger partial charge < -0.3 is 33.2 Å². The number of imide groups is 1. The predicted octanol–water partition coefficient (Wildman–Crippen LogP) is 6.50. The van der Waals surface area contributed by atoms with E-state index in [1.165, 1.54) is 18.0 Å². The molecule has 2 saturated heterocycles. The highest BCUT2D eigenvalue weighted by molar-refractivity contribution is 8.14. The number of ether oxygens (including phenoxy) is 5. The molecule has 2 radical (unpaired) electrons. The molecular weight excluding hydrogens is 909 g/mol. The van der Waals surface area contributed by atoms with Crippen LogP contribution in [0.3, 0.4) is 0 Å². The second kappa shape index (κ2) is 21.6.